The summed E-state index contributed by atoms with van der Waals surface area (Å²) in [6.07, 6.45) is 25.5. The molecule has 0 saturated heterocycles. The van der Waals surface area contributed by atoms with Gasteiger partial charge in [0.05, 0.1) is 4.05 Å². The normalized spacial score (nSPS) is 12.8. The van der Waals surface area contributed by atoms with Crippen molar-refractivity contribution in [3.05, 3.63) is 0 Å². The van der Waals surface area contributed by atoms with Crippen molar-refractivity contribution in [3.8, 4) is 0 Å². The summed E-state index contributed by atoms with van der Waals surface area (Å²) in [5.41, 5.74) is 0. The smallest absolute Gasteiger partial charge is 0.0618 e. The van der Waals surface area contributed by atoms with Crippen LogP contribution in [-0.4, -0.2) is 22.0 Å². The van der Waals surface area contributed by atoms with Gasteiger partial charge in [0.1, 0.15) is 0 Å². The third-order valence-electron chi connectivity index (χ3n) is 5.54. The molecule has 0 fully saturated rings. The van der Waals surface area contributed by atoms with Crippen molar-refractivity contribution < 1.29 is 0 Å². The van der Waals surface area contributed by atoms with Crippen LogP contribution in [0.4, 0.5) is 0 Å². The van der Waals surface area contributed by atoms with Crippen LogP contribution in [0.15, 0.2) is 0 Å². The molecule has 1 atom stereocenters. The quantitative estimate of drug-likeness (QED) is 0.0687. The molecule has 0 aromatic heterocycles. The number of hydrogen-bond acceptors (Lipinski definition) is 1. The van der Waals surface area contributed by atoms with E-state index in [9.17, 15) is 0 Å². The van der Waals surface area contributed by atoms with Crippen LogP contribution >= 0.6 is 22.6 Å². The molecule has 0 heterocycles. The van der Waals surface area contributed by atoms with Gasteiger partial charge in [0, 0.05) is 0 Å². The molecule has 0 aliphatic carbocycles. The summed E-state index contributed by atoms with van der Waals surface area (Å²) in [5, 5.41) is 0. The van der Waals surface area contributed by atoms with Crippen molar-refractivity contribution in [1.82, 2.24) is 4.90 Å². The molecule has 1 unspecified atom stereocenters. The van der Waals surface area contributed by atoms with Gasteiger partial charge in [0.2, 0.25) is 0 Å². The van der Waals surface area contributed by atoms with Gasteiger partial charge in [-0.15, -0.1) is 0 Å². The molecule has 26 heavy (non-hydrogen) atoms. The molecule has 0 aromatic carbocycles. The van der Waals surface area contributed by atoms with Gasteiger partial charge >= 0.3 is 0 Å². The number of rotatable bonds is 21. The Balaban J connectivity index is 4.00. The van der Waals surface area contributed by atoms with Gasteiger partial charge in [0.15, 0.2) is 0 Å². The van der Waals surface area contributed by atoms with Gasteiger partial charge in [-0.1, -0.05) is 140 Å². The number of halogens is 1. The van der Waals surface area contributed by atoms with E-state index in [2.05, 4.69) is 48.3 Å². The molecule has 0 amide bonds. The maximum atomic E-state index is 2.82. The number of unbranched alkanes of at least 4 members (excludes halogenated alkanes) is 14. The largest absolute Gasteiger partial charge is 0.292 e. The van der Waals surface area contributed by atoms with E-state index in [4.69, 9.17) is 0 Å². The molecule has 1 nitrogen and oxygen atoms in total. The highest BCUT2D eigenvalue weighted by Gasteiger charge is 2.14. The van der Waals surface area contributed by atoms with Crippen molar-refractivity contribution in [1.29, 1.82) is 0 Å². The SMILES string of the molecule is CCCCCCCCN(CCCCCCCC)C(I)CCCCCCC. The lowest BCUT2D eigenvalue weighted by molar-refractivity contribution is 0.242. The molecular formula is C24H50IN. The Morgan fingerprint density at radius 1 is 0.500 bits per heavy atom. The maximum Gasteiger partial charge on any atom is 0.0618 e. The number of hydrogen-bond donors (Lipinski definition) is 0. The molecule has 2 heteroatoms. The lowest BCUT2D eigenvalue weighted by Crippen LogP contribution is -2.33. The van der Waals surface area contributed by atoms with E-state index in [-0.39, 0.29) is 0 Å². The van der Waals surface area contributed by atoms with Gasteiger partial charge in [-0.3, -0.25) is 4.90 Å². The maximum absolute atomic E-state index is 2.82. The van der Waals surface area contributed by atoms with E-state index >= 15 is 0 Å². The summed E-state index contributed by atoms with van der Waals surface area (Å²) in [4.78, 5) is 2.82. The summed E-state index contributed by atoms with van der Waals surface area (Å²) in [7, 11) is 0. The zero-order valence-electron chi connectivity index (χ0n) is 18.5. The van der Waals surface area contributed by atoms with Crippen molar-refractivity contribution in [2.24, 2.45) is 0 Å². The average molecular weight is 480 g/mol. The molecule has 0 radical (unpaired) electrons. The predicted molar refractivity (Wildman–Crippen MR) is 130 cm³/mol. The van der Waals surface area contributed by atoms with Gasteiger partial charge in [-0.2, -0.15) is 0 Å². The molecule has 0 rings (SSSR count). The van der Waals surface area contributed by atoms with Crippen LogP contribution in [0.2, 0.25) is 0 Å². The topological polar surface area (TPSA) is 3.24 Å². The van der Waals surface area contributed by atoms with Gasteiger partial charge in [0.25, 0.3) is 0 Å². The first-order valence-electron chi connectivity index (χ1n) is 12.1. The van der Waals surface area contributed by atoms with Crippen molar-refractivity contribution >= 4 is 22.6 Å². The Morgan fingerprint density at radius 3 is 1.27 bits per heavy atom. The number of alkyl halides is 1. The van der Waals surface area contributed by atoms with Crippen LogP contribution in [0, 0.1) is 0 Å². The first-order chi connectivity index (χ1) is 12.8. The predicted octanol–water partition coefficient (Wildman–Crippen LogP) is 9.13. The Morgan fingerprint density at radius 2 is 0.846 bits per heavy atom. The molecule has 0 aliphatic rings. The summed E-state index contributed by atoms with van der Waals surface area (Å²) in [5.74, 6) is 0. The highest BCUT2D eigenvalue weighted by atomic mass is 127. The van der Waals surface area contributed by atoms with E-state index in [0.29, 0.717) is 0 Å². The summed E-state index contributed by atoms with van der Waals surface area (Å²) in [6.45, 7) is 9.60. The first kappa shape index (κ1) is 26.7. The summed E-state index contributed by atoms with van der Waals surface area (Å²) < 4.78 is 0.764. The van der Waals surface area contributed by atoms with Crippen molar-refractivity contribution in [2.45, 2.75) is 140 Å². The van der Waals surface area contributed by atoms with Crippen LogP contribution in [0.5, 0.6) is 0 Å². The van der Waals surface area contributed by atoms with Crippen LogP contribution in [0.25, 0.3) is 0 Å². The fraction of sp³-hybridized carbons (Fsp3) is 1.00. The molecule has 0 spiro atoms. The van der Waals surface area contributed by atoms with E-state index in [0.717, 1.165) is 4.05 Å². The highest BCUT2D eigenvalue weighted by Crippen LogP contribution is 2.20. The van der Waals surface area contributed by atoms with E-state index in [1.54, 1.807) is 0 Å². The standard InChI is InChI=1S/C24H50IN/c1-4-7-10-13-16-19-22-26(23-20-17-14-11-8-5-2)24(25)21-18-15-12-9-6-3/h24H,4-23H2,1-3H3. The Bertz CT molecular complexity index is 241. The fourth-order valence-corrected chi connectivity index (χ4v) is 4.68. The lowest BCUT2D eigenvalue weighted by atomic mass is 10.1. The molecule has 0 aromatic rings. The van der Waals surface area contributed by atoms with E-state index in [1.807, 2.05) is 0 Å². The average Bonchev–Trinajstić information content (AvgIpc) is 2.65. The fourth-order valence-electron chi connectivity index (χ4n) is 3.68. The lowest BCUT2D eigenvalue weighted by Gasteiger charge is -2.28. The molecular weight excluding hydrogens is 429 g/mol. The minimum absolute atomic E-state index is 0.764. The second-order valence-corrected chi connectivity index (χ2v) is 9.65. The third-order valence-corrected chi connectivity index (χ3v) is 6.95. The minimum atomic E-state index is 0.764. The van der Waals surface area contributed by atoms with Crippen LogP contribution in [0.3, 0.4) is 0 Å². The molecule has 0 N–H and O–H groups in total. The van der Waals surface area contributed by atoms with Crippen LogP contribution in [0.1, 0.15) is 136 Å². The second-order valence-electron chi connectivity index (χ2n) is 8.21. The number of nitrogens with zero attached hydrogens (tertiary/aromatic N) is 1. The van der Waals surface area contributed by atoms with Crippen LogP contribution in [-0.2, 0) is 0 Å². The Hall–Kier alpha value is 0.690. The summed E-state index contributed by atoms with van der Waals surface area (Å²) in [6, 6.07) is 0. The molecule has 0 aliphatic heterocycles. The zero-order valence-corrected chi connectivity index (χ0v) is 20.7. The zero-order chi connectivity index (χ0) is 19.3. The van der Waals surface area contributed by atoms with Crippen molar-refractivity contribution in [2.75, 3.05) is 13.1 Å². The molecule has 158 valence electrons. The highest BCUT2D eigenvalue weighted by molar-refractivity contribution is 14.1. The molecule has 0 saturated carbocycles. The minimum Gasteiger partial charge on any atom is -0.292 e. The van der Waals surface area contributed by atoms with Gasteiger partial charge < -0.3 is 0 Å². The first-order valence-corrected chi connectivity index (χ1v) is 13.4. The molecule has 0 bridgehead atoms. The van der Waals surface area contributed by atoms with E-state index < -0.39 is 0 Å². The van der Waals surface area contributed by atoms with Gasteiger partial charge in [-0.05, 0) is 32.4 Å². The monoisotopic (exact) mass is 479 g/mol. The van der Waals surface area contributed by atoms with Crippen LogP contribution < -0.4 is 0 Å². The van der Waals surface area contributed by atoms with Crippen molar-refractivity contribution in [3.63, 3.8) is 0 Å². The Kier molecular flexibility index (Phi) is 22.6. The second kappa shape index (κ2) is 22.0. The van der Waals surface area contributed by atoms with E-state index in [1.165, 1.54) is 129 Å². The van der Waals surface area contributed by atoms with Gasteiger partial charge in [-0.25, -0.2) is 0 Å². The Labute approximate surface area is 180 Å². The third kappa shape index (κ3) is 18.1. The summed E-state index contributed by atoms with van der Waals surface area (Å²) >= 11 is 2.74.